The molecule has 0 heterocycles. The van der Waals surface area contributed by atoms with Crippen LogP contribution in [0.4, 0.5) is 0 Å². The summed E-state index contributed by atoms with van der Waals surface area (Å²) >= 11 is 0. The molecule has 0 amide bonds. The molecule has 0 radical (unpaired) electrons. The van der Waals surface area contributed by atoms with Crippen molar-refractivity contribution in [1.82, 2.24) is 0 Å². The van der Waals surface area contributed by atoms with Crippen molar-refractivity contribution in [2.45, 2.75) is 85.0 Å². The molecule has 0 aliphatic heterocycles. The highest BCUT2D eigenvalue weighted by Gasteiger charge is 1.90. The van der Waals surface area contributed by atoms with Crippen LogP contribution in [0.1, 0.15) is 85.0 Å². The number of aliphatic hydroxyl groups is 1. The summed E-state index contributed by atoms with van der Waals surface area (Å²) in [6.45, 7) is 11.1. The van der Waals surface area contributed by atoms with E-state index >= 15 is 0 Å². The van der Waals surface area contributed by atoms with E-state index in [1.54, 1.807) is 0 Å². The molecule has 0 atom stereocenters. The van der Waals surface area contributed by atoms with Gasteiger partial charge in [-0.15, -0.1) is 0 Å². The Balaban J connectivity index is 0. The number of hydrogen-bond donors (Lipinski definition) is 1. The van der Waals surface area contributed by atoms with Crippen molar-refractivity contribution in [3.05, 3.63) is 0 Å². The van der Waals surface area contributed by atoms with Crippen LogP contribution in [-0.4, -0.2) is 51.4 Å². The number of rotatable bonds is 18. The van der Waals surface area contributed by atoms with E-state index in [2.05, 4.69) is 20.8 Å². The molecule has 0 aromatic heterocycles. The fourth-order valence-electron chi connectivity index (χ4n) is 2.00. The van der Waals surface area contributed by atoms with Crippen molar-refractivity contribution in [2.24, 2.45) is 0 Å². The lowest BCUT2D eigenvalue weighted by Crippen LogP contribution is -2.07. The first kappa shape index (κ1) is 26.1. The first-order valence-corrected chi connectivity index (χ1v) is 10.2. The van der Waals surface area contributed by atoms with Gasteiger partial charge in [0.15, 0.2) is 0 Å². The third kappa shape index (κ3) is 29.8. The molecule has 0 bridgehead atoms. The van der Waals surface area contributed by atoms with E-state index in [0.29, 0.717) is 19.8 Å². The molecule has 0 saturated carbocycles. The van der Waals surface area contributed by atoms with Crippen LogP contribution in [0.3, 0.4) is 0 Å². The normalized spacial score (nSPS) is 10.5. The minimum Gasteiger partial charge on any atom is -0.394 e. The first-order chi connectivity index (χ1) is 11.8. The van der Waals surface area contributed by atoms with Gasteiger partial charge in [-0.3, -0.25) is 0 Å². The number of ether oxygens (including phenoxy) is 3. The molecule has 0 rings (SSSR count). The molecule has 0 spiro atoms. The van der Waals surface area contributed by atoms with E-state index in [9.17, 15) is 0 Å². The van der Waals surface area contributed by atoms with Gasteiger partial charge >= 0.3 is 0 Å². The molecule has 0 aliphatic rings. The molecular weight excluding hydrogens is 304 g/mol. The van der Waals surface area contributed by atoms with Gasteiger partial charge in [-0.2, -0.15) is 0 Å². The van der Waals surface area contributed by atoms with Gasteiger partial charge in [-0.05, 0) is 19.3 Å². The lowest BCUT2D eigenvalue weighted by atomic mass is 10.2. The summed E-state index contributed by atoms with van der Waals surface area (Å²) < 4.78 is 15.7. The van der Waals surface area contributed by atoms with Crippen molar-refractivity contribution < 1.29 is 19.3 Å². The van der Waals surface area contributed by atoms with Gasteiger partial charge < -0.3 is 19.3 Å². The standard InChI is InChI=1S/C12H26O.C8H18O3/c1-3-5-7-9-11-13-12-10-8-6-4-2;1-2-3-5-10-7-8-11-6-4-9/h3-12H2,1-2H3;9H,2-8H2,1H3. The van der Waals surface area contributed by atoms with E-state index < -0.39 is 0 Å². The summed E-state index contributed by atoms with van der Waals surface area (Å²) in [5.41, 5.74) is 0. The van der Waals surface area contributed by atoms with Gasteiger partial charge in [-0.1, -0.05) is 65.7 Å². The summed E-state index contributed by atoms with van der Waals surface area (Å²) in [7, 11) is 0. The van der Waals surface area contributed by atoms with Crippen LogP contribution in [0, 0.1) is 0 Å². The second-order valence-corrected chi connectivity index (χ2v) is 6.04. The Hall–Kier alpha value is -0.160. The zero-order chi connectivity index (χ0) is 18.1. The minimum absolute atomic E-state index is 0.0922. The van der Waals surface area contributed by atoms with Gasteiger partial charge in [0.05, 0.1) is 26.4 Å². The predicted molar refractivity (Wildman–Crippen MR) is 103 cm³/mol. The van der Waals surface area contributed by atoms with Crippen molar-refractivity contribution in [1.29, 1.82) is 0 Å². The number of aliphatic hydroxyl groups excluding tert-OH is 1. The molecule has 0 aromatic rings. The Morgan fingerprint density at radius 2 is 0.875 bits per heavy atom. The molecular formula is C20H44O4. The smallest absolute Gasteiger partial charge is 0.0701 e. The summed E-state index contributed by atoms with van der Waals surface area (Å²) in [5, 5.41) is 8.34. The fraction of sp³-hybridized carbons (Fsp3) is 1.00. The zero-order valence-electron chi connectivity index (χ0n) is 16.7. The van der Waals surface area contributed by atoms with Gasteiger partial charge in [0, 0.05) is 19.8 Å². The maximum atomic E-state index is 8.34. The van der Waals surface area contributed by atoms with E-state index in [-0.39, 0.29) is 6.61 Å². The average Bonchev–Trinajstić information content (AvgIpc) is 2.60. The second kappa shape index (κ2) is 27.7. The Morgan fingerprint density at radius 1 is 0.458 bits per heavy atom. The summed E-state index contributed by atoms with van der Waals surface area (Å²) in [5.74, 6) is 0. The topological polar surface area (TPSA) is 47.9 Å². The van der Waals surface area contributed by atoms with Crippen LogP contribution in [-0.2, 0) is 14.2 Å². The molecule has 4 nitrogen and oxygen atoms in total. The van der Waals surface area contributed by atoms with Crippen LogP contribution >= 0.6 is 0 Å². The average molecular weight is 349 g/mol. The van der Waals surface area contributed by atoms with Gasteiger partial charge in [0.1, 0.15) is 0 Å². The van der Waals surface area contributed by atoms with E-state index in [1.165, 1.54) is 51.4 Å². The summed E-state index contributed by atoms with van der Waals surface area (Å²) in [6.07, 6.45) is 12.8. The Bertz CT molecular complexity index is 170. The van der Waals surface area contributed by atoms with Gasteiger partial charge in [0.2, 0.25) is 0 Å². The largest absolute Gasteiger partial charge is 0.394 e. The Morgan fingerprint density at radius 3 is 1.33 bits per heavy atom. The van der Waals surface area contributed by atoms with Crippen LogP contribution in [0.15, 0.2) is 0 Å². The molecule has 0 unspecified atom stereocenters. The molecule has 0 saturated heterocycles. The molecule has 0 aromatic carbocycles. The predicted octanol–water partition coefficient (Wildman–Crippen LogP) is 4.98. The van der Waals surface area contributed by atoms with Crippen molar-refractivity contribution in [3.8, 4) is 0 Å². The Kier molecular flexibility index (Phi) is 30.1. The van der Waals surface area contributed by atoms with Crippen molar-refractivity contribution >= 4 is 0 Å². The van der Waals surface area contributed by atoms with E-state index in [1.807, 2.05) is 0 Å². The van der Waals surface area contributed by atoms with Gasteiger partial charge in [-0.25, -0.2) is 0 Å². The molecule has 24 heavy (non-hydrogen) atoms. The SMILES string of the molecule is CCCCCCOCCCCCC.CCCCOCCOCCO. The third-order valence-corrected chi connectivity index (χ3v) is 3.53. The van der Waals surface area contributed by atoms with Gasteiger partial charge in [0.25, 0.3) is 0 Å². The van der Waals surface area contributed by atoms with E-state index in [4.69, 9.17) is 19.3 Å². The molecule has 0 aliphatic carbocycles. The summed E-state index contributed by atoms with van der Waals surface area (Å²) in [4.78, 5) is 0. The van der Waals surface area contributed by atoms with Crippen LogP contribution in [0.25, 0.3) is 0 Å². The van der Waals surface area contributed by atoms with Crippen LogP contribution in [0.5, 0.6) is 0 Å². The highest BCUT2D eigenvalue weighted by atomic mass is 16.5. The third-order valence-electron chi connectivity index (χ3n) is 3.53. The lowest BCUT2D eigenvalue weighted by Gasteiger charge is -2.03. The minimum atomic E-state index is 0.0922. The van der Waals surface area contributed by atoms with E-state index in [0.717, 1.165) is 32.7 Å². The Labute approximate surface area is 151 Å². The van der Waals surface area contributed by atoms with Crippen LogP contribution < -0.4 is 0 Å². The maximum Gasteiger partial charge on any atom is 0.0701 e. The monoisotopic (exact) mass is 348 g/mol. The molecule has 1 N–H and O–H groups in total. The van der Waals surface area contributed by atoms with Crippen molar-refractivity contribution in [2.75, 3.05) is 46.2 Å². The fourth-order valence-corrected chi connectivity index (χ4v) is 2.00. The number of unbranched alkanes of at least 4 members (excludes halogenated alkanes) is 7. The van der Waals surface area contributed by atoms with Crippen LogP contribution in [0.2, 0.25) is 0 Å². The second-order valence-electron chi connectivity index (χ2n) is 6.04. The maximum absolute atomic E-state index is 8.34. The lowest BCUT2D eigenvalue weighted by molar-refractivity contribution is 0.0324. The zero-order valence-corrected chi connectivity index (χ0v) is 16.7. The molecule has 148 valence electrons. The molecule has 4 heteroatoms. The molecule has 0 fully saturated rings. The quantitative estimate of drug-likeness (QED) is 0.355. The van der Waals surface area contributed by atoms with Crippen molar-refractivity contribution in [3.63, 3.8) is 0 Å². The summed E-state index contributed by atoms with van der Waals surface area (Å²) in [6, 6.07) is 0. The highest BCUT2D eigenvalue weighted by Crippen LogP contribution is 2.01. The first-order valence-electron chi connectivity index (χ1n) is 10.2. The highest BCUT2D eigenvalue weighted by molar-refractivity contribution is 4.42. The number of hydrogen-bond acceptors (Lipinski definition) is 4.